The van der Waals surface area contributed by atoms with Crippen molar-refractivity contribution in [1.29, 1.82) is 0 Å². The van der Waals surface area contributed by atoms with Gasteiger partial charge in [0.15, 0.2) is 0 Å². The third-order valence-corrected chi connectivity index (χ3v) is 13.3. The van der Waals surface area contributed by atoms with Gasteiger partial charge in [-0.05, 0) is 73.2 Å². The Labute approximate surface area is 204 Å². The van der Waals surface area contributed by atoms with Crippen LogP contribution in [0, 0.1) is 11.8 Å². The Morgan fingerprint density at radius 1 is 1.12 bits per heavy atom. The van der Waals surface area contributed by atoms with Gasteiger partial charge in [-0.2, -0.15) is 0 Å². The van der Waals surface area contributed by atoms with E-state index in [1.165, 1.54) is 11.1 Å². The molecule has 1 heterocycles. The van der Waals surface area contributed by atoms with E-state index in [4.69, 9.17) is 9.16 Å². The Hall–Kier alpha value is -1.33. The first kappa shape index (κ1) is 27.9. The molecule has 0 saturated heterocycles. The number of carbonyl (C=O) groups excluding carboxylic acids is 1. The summed E-state index contributed by atoms with van der Waals surface area (Å²) in [5.41, 5.74) is 4.79. The van der Waals surface area contributed by atoms with Crippen molar-refractivity contribution in [3.05, 3.63) is 35.1 Å². The minimum absolute atomic E-state index is 0.240. The molecule has 0 spiro atoms. The smallest absolute Gasteiger partial charge is 0.414 e. The van der Waals surface area contributed by atoms with Crippen molar-refractivity contribution in [1.82, 2.24) is 4.90 Å². The van der Waals surface area contributed by atoms with Crippen LogP contribution in [0.3, 0.4) is 0 Å². The monoisotopic (exact) mass is 475 g/mol. The number of rotatable bonds is 8. The topological polar surface area (TPSA) is 38.8 Å². The standard InChI is InChI=1S/C28H49NO3Si/c1-19(2)33(20(3)4,21(5)6)31-16-12-13-24-14-15-29(27(30)32-28(9,10)11)26(24)25-18-22(7)17-23(25)8/h12-13,18-23H,14-17H2,1-11H3/b13-12+/t22-,23+/m1/s1. The average molecular weight is 476 g/mol. The highest BCUT2D eigenvalue weighted by molar-refractivity contribution is 6.77. The van der Waals surface area contributed by atoms with E-state index < -0.39 is 13.9 Å². The zero-order chi connectivity index (χ0) is 25.1. The molecule has 2 atom stereocenters. The molecule has 5 heteroatoms. The summed E-state index contributed by atoms with van der Waals surface area (Å²) in [6.07, 6.45) is 8.47. The predicted molar refractivity (Wildman–Crippen MR) is 142 cm³/mol. The number of amides is 1. The molecule has 0 bridgehead atoms. The Morgan fingerprint density at radius 3 is 2.15 bits per heavy atom. The van der Waals surface area contributed by atoms with Crippen molar-refractivity contribution in [3.63, 3.8) is 0 Å². The second-order valence-electron chi connectivity index (χ2n) is 12.0. The highest BCUT2D eigenvalue weighted by atomic mass is 28.4. The largest absolute Gasteiger partial charge is 0.443 e. The number of ether oxygens (including phenoxy) is 1. The van der Waals surface area contributed by atoms with Gasteiger partial charge in [-0.1, -0.05) is 73.6 Å². The number of hydrogen-bond acceptors (Lipinski definition) is 3. The molecule has 1 aliphatic carbocycles. The maximum atomic E-state index is 13.0. The molecule has 0 aromatic rings. The number of hydrogen-bond donors (Lipinski definition) is 0. The Balaban J connectivity index is 2.31. The maximum absolute atomic E-state index is 13.0. The molecule has 0 saturated carbocycles. The molecule has 1 amide bonds. The van der Waals surface area contributed by atoms with Gasteiger partial charge in [0, 0.05) is 6.54 Å². The van der Waals surface area contributed by atoms with Gasteiger partial charge in [-0.25, -0.2) is 4.79 Å². The lowest BCUT2D eigenvalue weighted by Crippen LogP contribution is -2.47. The van der Waals surface area contributed by atoms with E-state index in [2.05, 4.69) is 73.6 Å². The Kier molecular flexibility index (Phi) is 9.25. The quantitative estimate of drug-likeness (QED) is 0.332. The van der Waals surface area contributed by atoms with Gasteiger partial charge < -0.3 is 9.16 Å². The van der Waals surface area contributed by atoms with Gasteiger partial charge in [0.25, 0.3) is 0 Å². The summed E-state index contributed by atoms with van der Waals surface area (Å²) in [6, 6.07) is 0. The minimum atomic E-state index is -1.89. The van der Waals surface area contributed by atoms with Crippen LogP contribution in [0.5, 0.6) is 0 Å². The Bertz CT molecular complexity index is 764. The summed E-state index contributed by atoms with van der Waals surface area (Å²) in [4.78, 5) is 14.9. The molecule has 0 aromatic heterocycles. The van der Waals surface area contributed by atoms with E-state index in [1.54, 1.807) is 0 Å². The van der Waals surface area contributed by atoms with Crippen LogP contribution < -0.4 is 0 Å². The average Bonchev–Trinajstić information content (AvgIpc) is 3.21. The van der Waals surface area contributed by atoms with Gasteiger partial charge in [0.1, 0.15) is 5.60 Å². The molecule has 0 unspecified atom stereocenters. The molecular weight excluding hydrogens is 426 g/mol. The van der Waals surface area contributed by atoms with Crippen LogP contribution in [0.4, 0.5) is 4.79 Å². The molecule has 0 N–H and O–H groups in total. The van der Waals surface area contributed by atoms with Gasteiger partial charge >= 0.3 is 6.09 Å². The highest BCUT2D eigenvalue weighted by Crippen LogP contribution is 2.43. The SMILES string of the molecule is CC(C)[Si](OC/C=C/C1=C(C2=C[C@H](C)C[C@@H]2C)N(C(=O)OC(C)(C)C)CC1)(C(C)C)C(C)C. The van der Waals surface area contributed by atoms with Crippen LogP contribution in [-0.2, 0) is 9.16 Å². The maximum Gasteiger partial charge on any atom is 0.414 e. The van der Waals surface area contributed by atoms with Crippen LogP contribution >= 0.6 is 0 Å². The Morgan fingerprint density at radius 2 is 1.70 bits per heavy atom. The first-order valence-corrected chi connectivity index (χ1v) is 15.1. The molecule has 2 aliphatic rings. The predicted octanol–water partition coefficient (Wildman–Crippen LogP) is 8.23. The van der Waals surface area contributed by atoms with Gasteiger partial charge in [0.2, 0.25) is 8.32 Å². The van der Waals surface area contributed by atoms with E-state index in [9.17, 15) is 4.79 Å². The van der Waals surface area contributed by atoms with E-state index in [1.807, 2.05) is 25.7 Å². The normalized spacial score (nSPS) is 22.5. The zero-order valence-corrected chi connectivity index (χ0v) is 24.1. The number of nitrogens with zero attached hydrogens (tertiary/aromatic N) is 1. The fraction of sp³-hybridized carbons (Fsp3) is 0.750. The number of carbonyl (C=O) groups is 1. The summed E-state index contributed by atoms with van der Waals surface area (Å²) in [6.45, 7) is 25.5. The fourth-order valence-corrected chi connectivity index (χ4v) is 11.4. The highest BCUT2D eigenvalue weighted by Gasteiger charge is 2.44. The lowest BCUT2D eigenvalue weighted by Gasteiger charge is -2.41. The van der Waals surface area contributed by atoms with Crippen molar-refractivity contribution < 1.29 is 14.0 Å². The van der Waals surface area contributed by atoms with Crippen LogP contribution in [0.25, 0.3) is 0 Å². The summed E-state index contributed by atoms with van der Waals surface area (Å²) in [5.74, 6) is 0.979. The first-order valence-electron chi connectivity index (χ1n) is 13.0. The molecule has 0 aromatic carbocycles. The molecular formula is C28H49NO3Si. The first-order chi connectivity index (χ1) is 15.2. The van der Waals surface area contributed by atoms with Gasteiger partial charge in [-0.15, -0.1) is 0 Å². The summed E-state index contributed by atoms with van der Waals surface area (Å²) in [7, 11) is -1.89. The molecule has 0 fully saturated rings. The van der Waals surface area contributed by atoms with E-state index in [0.29, 0.717) is 41.6 Å². The van der Waals surface area contributed by atoms with Crippen LogP contribution in [0.1, 0.15) is 89.0 Å². The molecule has 188 valence electrons. The molecule has 1 aliphatic heterocycles. The van der Waals surface area contributed by atoms with Gasteiger partial charge in [0.05, 0.1) is 12.3 Å². The van der Waals surface area contributed by atoms with E-state index in [-0.39, 0.29) is 6.09 Å². The lowest BCUT2D eigenvalue weighted by atomic mass is 9.97. The van der Waals surface area contributed by atoms with Crippen LogP contribution in [-0.4, -0.2) is 38.1 Å². The molecule has 4 nitrogen and oxygen atoms in total. The zero-order valence-electron chi connectivity index (χ0n) is 23.1. The summed E-state index contributed by atoms with van der Waals surface area (Å²) >= 11 is 0. The van der Waals surface area contributed by atoms with Crippen molar-refractivity contribution in [3.8, 4) is 0 Å². The molecule has 2 rings (SSSR count). The van der Waals surface area contributed by atoms with Crippen LogP contribution in [0.15, 0.2) is 35.1 Å². The second kappa shape index (κ2) is 10.9. The third kappa shape index (κ3) is 6.42. The summed E-state index contributed by atoms with van der Waals surface area (Å²) in [5, 5.41) is 0. The number of allylic oxidation sites excluding steroid dienone is 3. The second-order valence-corrected chi connectivity index (χ2v) is 17.5. The van der Waals surface area contributed by atoms with Crippen LogP contribution in [0.2, 0.25) is 16.6 Å². The van der Waals surface area contributed by atoms with E-state index >= 15 is 0 Å². The van der Waals surface area contributed by atoms with Crippen molar-refractivity contribution in [2.75, 3.05) is 13.2 Å². The molecule has 0 radical (unpaired) electrons. The minimum Gasteiger partial charge on any atom is -0.443 e. The summed E-state index contributed by atoms with van der Waals surface area (Å²) < 4.78 is 12.5. The fourth-order valence-electron chi connectivity index (χ4n) is 6.06. The third-order valence-electron chi connectivity index (χ3n) is 7.24. The van der Waals surface area contributed by atoms with Crippen molar-refractivity contribution in [2.45, 2.75) is 111 Å². The van der Waals surface area contributed by atoms with E-state index in [0.717, 1.165) is 18.5 Å². The molecule has 33 heavy (non-hydrogen) atoms. The van der Waals surface area contributed by atoms with Gasteiger partial charge in [-0.3, -0.25) is 4.90 Å². The van der Waals surface area contributed by atoms with Crippen molar-refractivity contribution >= 4 is 14.4 Å². The lowest BCUT2D eigenvalue weighted by molar-refractivity contribution is 0.0332. The van der Waals surface area contributed by atoms with Crippen molar-refractivity contribution in [2.24, 2.45) is 11.8 Å².